The summed E-state index contributed by atoms with van der Waals surface area (Å²) in [7, 11) is 1.62. The van der Waals surface area contributed by atoms with Crippen molar-refractivity contribution in [3.8, 4) is 5.75 Å². The molecule has 6 heteroatoms. The number of carbonyl (C=O) groups excluding carboxylic acids is 1. The number of hydrogen-bond acceptors (Lipinski definition) is 5. The molecule has 0 unspecified atom stereocenters. The lowest BCUT2D eigenvalue weighted by Gasteiger charge is -2.20. The Morgan fingerprint density at radius 2 is 1.85 bits per heavy atom. The van der Waals surface area contributed by atoms with Gasteiger partial charge < -0.3 is 15.0 Å². The summed E-state index contributed by atoms with van der Waals surface area (Å²) in [6, 6.07) is 20.4. The van der Waals surface area contributed by atoms with Gasteiger partial charge in [-0.2, -0.15) is 0 Å². The number of hydrogen-bond donors (Lipinski definition) is 1. The van der Waals surface area contributed by atoms with Crippen LogP contribution in [0.4, 0.5) is 17.2 Å². The van der Waals surface area contributed by atoms with E-state index >= 15 is 0 Å². The number of nitrogens with one attached hydrogen (secondary N) is 1. The summed E-state index contributed by atoms with van der Waals surface area (Å²) >= 11 is 0. The van der Waals surface area contributed by atoms with Gasteiger partial charge in [-0.1, -0.05) is 24.3 Å². The highest BCUT2D eigenvalue weighted by molar-refractivity contribution is 6.04. The van der Waals surface area contributed by atoms with Crippen molar-refractivity contribution in [3.63, 3.8) is 0 Å². The third kappa shape index (κ3) is 3.97. The van der Waals surface area contributed by atoms with Crippen molar-refractivity contribution in [3.05, 3.63) is 72.4 Å². The average molecular weight is 348 g/mol. The maximum absolute atomic E-state index is 12.7. The van der Waals surface area contributed by atoms with E-state index < -0.39 is 0 Å². The van der Waals surface area contributed by atoms with Crippen LogP contribution in [-0.4, -0.2) is 29.8 Å². The second-order valence-electron chi connectivity index (χ2n) is 5.55. The van der Waals surface area contributed by atoms with Gasteiger partial charge >= 0.3 is 0 Å². The topological polar surface area (TPSA) is 67.4 Å². The van der Waals surface area contributed by atoms with Gasteiger partial charge in [-0.3, -0.25) is 4.79 Å². The lowest BCUT2D eigenvalue weighted by atomic mass is 10.2. The molecule has 2 aromatic carbocycles. The Morgan fingerprint density at radius 3 is 2.50 bits per heavy atom. The van der Waals surface area contributed by atoms with E-state index in [4.69, 9.17) is 4.74 Å². The summed E-state index contributed by atoms with van der Waals surface area (Å²) in [6.45, 7) is 2.48. The van der Waals surface area contributed by atoms with Gasteiger partial charge in [-0.05, 0) is 43.3 Å². The third-order valence-electron chi connectivity index (χ3n) is 3.86. The van der Waals surface area contributed by atoms with Crippen LogP contribution in [0, 0.1) is 0 Å². The molecule has 0 spiro atoms. The summed E-state index contributed by atoms with van der Waals surface area (Å²) in [5.41, 5.74) is 1.96. The average Bonchev–Trinajstić information content (AvgIpc) is 2.70. The van der Waals surface area contributed by atoms with Crippen LogP contribution in [0.1, 0.15) is 17.4 Å². The van der Waals surface area contributed by atoms with Gasteiger partial charge in [0.1, 0.15) is 5.75 Å². The number of ether oxygens (including phenoxy) is 1. The monoisotopic (exact) mass is 348 g/mol. The minimum atomic E-state index is -0.181. The van der Waals surface area contributed by atoms with Gasteiger partial charge in [0.05, 0.1) is 7.11 Å². The van der Waals surface area contributed by atoms with Crippen molar-refractivity contribution >= 4 is 23.1 Å². The summed E-state index contributed by atoms with van der Waals surface area (Å²) in [5, 5.41) is 11.3. The van der Waals surface area contributed by atoms with Crippen molar-refractivity contribution in [1.29, 1.82) is 0 Å². The predicted molar refractivity (Wildman–Crippen MR) is 102 cm³/mol. The SMILES string of the molecule is CCN(C(=O)c1ccc(Nc2cccc(OC)c2)nn1)c1ccccc1. The molecule has 0 atom stereocenters. The van der Waals surface area contributed by atoms with Gasteiger partial charge in [0, 0.05) is 24.0 Å². The molecule has 0 saturated carbocycles. The highest BCUT2D eigenvalue weighted by atomic mass is 16.5. The quantitative estimate of drug-likeness (QED) is 0.732. The number of anilines is 3. The Balaban J connectivity index is 1.75. The Kier molecular flexibility index (Phi) is 5.43. The Bertz CT molecular complexity index is 866. The molecule has 6 nitrogen and oxygen atoms in total. The fourth-order valence-corrected chi connectivity index (χ4v) is 2.55. The Labute approximate surface area is 152 Å². The number of rotatable bonds is 6. The molecule has 132 valence electrons. The molecule has 26 heavy (non-hydrogen) atoms. The first-order valence-corrected chi connectivity index (χ1v) is 8.33. The smallest absolute Gasteiger partial charge is 0.278 e. The van der Waals surface area contributed by atoms with Gasteiger partial charge in [-0.15, -0.1) is 10.2 Å². The molecule has 0 aliphatic carbocycles. The van der Waals surface area contributed by atoms with Crippen LogP contribution < -0.4 is 15.0 Å². The van der Waals surface area contributed by atoms with Crippen molar-refractivity contribution in [1.82, 2.24) is 10.2 Å². The second kappa shape index (κ2) is 8.11. The van der Waals surface area contributed by atoms with Gasteiger partial charge in [0.2, 0.25) is 0 Å². The number of amides is 1. The Hall–Kier alpha value is -3.41. The largest absolute Gasteiger partial charge is 0.497 e. The maximum Gasteiger partial charge on any atom is 0.278 e. The molecule has 0 aliphatic rings. The highest BCUT2D eigenvalue weighted by Gasteiger charge is 2.17. The van der Waals surface area contributed by atoms with Crippen LogP contribution in [0.2, 0.25) is 0 Å². The molecule has 1 N–H and O–H groups in total. The molecule has 1 aromatic heterocycles. The lowest BCUT2D eigenvalue weighted by Crippen LogP contribution is -2.31. The van der Waals surface area contributed by atoms with Crippen molar-refractivity contribution < 1.29 is 9.53 Å². The molecule has 3 rings (SSSR count). The minimum Gasteiger partial charge on any atom is -0.497 e. The minimum absolute atomic E-state index is 0.181. The van der Waals surface area contributed by atoms with Crippen molar-refractivity contribution in [2.24, 2.45) is 0 Å². The molecule has 1 amide bonds. The first-order valence-electron chi connectivity index (χ1n) is 8.33. The molecule has 0 aliphatic heterocycles. The summed E-state index contributed by atoms with van der Waals surface area (Å²) in [4.78, 5) is 14.4. The molecule has 0 radical (unpaired) electrons. The lowest BCUT2D eigenvalue weighted by molar-refractivity contribution is 0.0982. The van der Waals surface area contributed by atoms with Gasteiger partial charge in [0.25, 0.3) is 5.91 Å². The number of methoxy groups -OCH3 is 1. The summed E-state index contributed by atoms with van der Waals surface area (Å²) < 4.78 is 5.20. The van der Waals surface area contributed by atoms with Gasteiger partial charge in [-0.25, -0.2) is 0 Å². The van der Waals surface area contributed by atoms with Gasteiger partial charge in [0.15, 0.2) is 11.5 Å². The highest BCUT2D eigenvalue weighted by Crippen LogP contribution is 2.20. The Morgan fingerprint density at radius 1 is 1.04 bits per heavy atom. The molecule has 3 aromatic rings. The zero-order valence-electron chi connectivity index (χ0n) is 14.7. The van der Waals surface area contributed by atoms with Crippen LogP contribution in [-0.2, 0) is 0 Å². The van der Waals surface area contributed by atoms with E-state index in [1.54, 1.807) is 24.1 Å². The molecular weight excluding hydrogens is 328 g/mol. The van der Waals surface area contributed by atoms with Crippen molar-refractivity contribution in [2.45, 2.75) is 6.92 Å². The fourth-order valence-electron chi connectivity index (χ4n) is 2.55. The van der Waals surface area contributed by atoms with E-state index in [0.29, 0.717) is 18.1 Å². The maximum atomic E-state index is 12.7. The molecule has 0 fully saturated rings. The van der Waals surface area contributed by atoms with Crippen LogP contribution >= 0.6 is 0 Å². The van der Waals surface area contributed by atoms with E-state index in [9.17, 15) is 4.79 Å². The molecular formula is C20H20N4O2. The predicted octanol–water partition coefficient (Wildman–Crippen LogP) is 3.90. The van der Waals surface area contributed by atoms with Crippen LogP contribution in [0.25, 0.3) is 0 Å². The van der Waals surface area contributed by atoms with E-state index in [1.807, 2.05) is 61.5 Å². The fraction of sp³-hybridized carbons (Fsp3) is 0.150. The second-order valence-corrected chi connectivity index (χ2v) is 5.55. The van der Waals surface area contributed by atoms with E-state index in [-0.39, 0.29) is 5.91 Å². The van der Waals surface area contributed by atoms with E-state index in [2.05, 4.69) is 15.5 Å². The third-order valence-corrected chi connectivity index (χ3v) is 3.86. The molecule has 0 saturated heterocycles. The zero-order chi connectivity index (χ0) is 18.4. The molecule has 0 bridgehead atoms. The van der Waals surface area contributed by atoms with Crippen LogP contribution in [0.5, 0.6) is 5.75 Å². The van der Waals surface area contributed by atoms with Crippen LogP contribution in [0.3, 0.4) is 0 Å². The normalized spacial score (nSPS) is 10.2. The number of nitrogens with zero attached hydrogens (tertiary/aromatic N) is 3. The van der Waals surface area contributed by atoms with E-state index in [0.717, 1.165) is 17.1 Å². The molecule has 1 heterocycles. The first kappa shape index (κ1) is 17.4. The number of para-hydroxylation sites is 1. The van der Waals surface area contributed by atoms with Crippen LogP contribution in [0.15, 0.2) is 66.7 Å². The number of aromatic nitrogens is 2. The summed E-state index contributed by atoms with van der Waals surface area (Å²) in [6.07, 6.45) is 0. The number of carbonyl (C=O) groups is 1. The first-order chi connectivity index (χ1) is 12.7. The van der Waals surface area contributed by atoms with Crippen molar-refractivity contribution in [2.75, 3.05) is 23.9 Å². The standard InChI is InChI=1S/C20H20N4O2/c1-3-24(16-9-5-4-6-10-16)20(25)18-12-13-19(23-22-18)21-15-8-7-11-17(14-15)26-2/h4-14H,3H2,1-2H3,(H,21,23). The zero-order valence-corrected chi connectivity index (χ0v) is 14.7. The van der Waals surface area contributed by atoms with E-state index in [1.165, 1.54) is 0 Å². The summed E-state index contributed by atoms with van der Waals surface area (Å²) in [5.74, 6) is 1.12. The number of benzene rings is 2.